The average Bonchev–Trinajstić information content (AvgIpc) is 2.77. The summed E-state index contributed by atoms with van der Waals surface area (Å²) in [5.74, 6) is 0. The lowest BCUT2D eigenvalue weighted by Crippen LogP contribution is -2.01. The Morgan fingerprint density at radius 3 is 2.78 bits per heavy atom. The summed E-state index contributed by atoms with van der Waals surface area (Å²) in [6.45, 7) is 0. The number of hydrogen-bond acceptors (Lipinski definition) is 3. The van der Waals surface area contributed by atoms with E-state index in [4.69, 9.17) is 0 Å². The minimum Gasteiger partial charge on any atom is -0.322 e. The summed E-state index contributed by atoms with van der Waals surface area (Å²) in [6, 6.07) is 7.28. The van der Waals surface area contributed by atoms with Gasteiger partial charge in [0.05, 0.1) is 4.92 Å². The van der Waals surface area contributed by atoms with E-state index in [1.807, 2.05) is 18.2 Å². The van der Waals surface area contributed by atoms with Gasteiger partial charge in [0.15, 0.2) is 0 Å². The van der Waals surface area contributed by atoms with E-state index in [2.05, 4.69) is 5.32 Å². The molecule has 90 valence electrons. The smallest absolute Gasteiger partial charge is 0.293 e. The standard InChI is InChI=1S/C13H10N2O3/c16-7-14-13-10-3-1-2-8-4-5-9(12(8)10)6-11(13)15(17)18/h1-3,6-7H,4-5H2,(H,14,16). The number of nitro groups is 1. The van der Waals surface area contributed by atoms with Gasteiger partial charge in [0.2, 0.25) is 6.41 Å². The van der Waals surface area contributed by atoms with E-state index in [1.54, 1.807) is 6.07 Å². The van der Waals surface area contributed by atoms with Crippen LogP contribution in [0.1, 0.15) is 11.1 Å². The van der Waals surface area contributed by atoms with Gasteiger partial charge in [-0.3, -0.25) is 14.9 Å². The van der Waals surface area contributed by atoms with Crippen LogP contribution in [0.5, 0.6) is 0 Å². The van der Waals surface area contributed by atoms with Crippen molar-refractivity contribution in [3.63, 3.8) is 0 Å². The SMILES string of the molecule is O=CNc1c([N+](=O)[O-])cc2c3c(cccc13)CC2. The van der Waals surface area contributed by atoms with Gasteiger partial charge in [0.25, 0.3) is 5.69 Å². The molecule has 0 radical (unpaired) electrons. The summed E-state index contributed by atoms with van der Waals surface area (Å²) < 4.78 is 0. The summed E-state index contributed by atoms with van der Waals surface area (Å²) in [6.07, 6.45) is 2.19. The molecule has 0 unspecified atom stereocenters. The third-order valence-electron chi connectivity index (χ3n) is 3.37. The Labute approximate surface area is 103 Å². The maximum Gasteiger partial charge on any atom is 0.293 e. The molecule has 5 nitrogen and oxygen atoms in total. The molecular weight excluding hydrogens is 232 g/mol. The van der Waals surface area contributed by atoms with Crippen molar-refractivity contribution in [2.24, 2.45) is 0 Å². The molecule has 0 spiro atoms. The highest BCUT2D eigenvalue weighted by Gasteiger charge is 2.24. The molecule has 2 aromatic carbocycles. The first-order valence-corrected chi connectivity index (χ1v) is 5.64. The van der Waals surface area contributed by atoms with Crippen molar-refractivity contribution in [1.82, 2.24) is 0 Å². The van der Waals surface area contributed by atoms with Crippen molar-refractivity contribution >= 4 is 28.6 Å². The Morgan fingerprint density at radius 2 is 2.06 bits per heavy atom. The van der Waals surface area contributed by atoms with E-state index in [1.165, 1.54) is 5.56 Å². The molecule has 1 N–H and O–H groups in total. The number of nitrogens with zero attached hydrogens (tertiary/aromatic N) is 1. The number of carbonyl (C=O) groups excluding carboxylic acids is 1. The number of carbonyl (C=O) groups is 1. The quantitative estimate of drug-likeness (QED) is 0.510. The number of aryl methyl sites for hydroxylation is 2. The lowest BCUT2D eigenvalue weighted by Gasteiger charge is -2.08. The van der Waals surface area contributed by atoms with Crippen LogP contribution in [-0.2, 0) is 17.6 Å². The molecule has 3 rings (SSSR count). The van der Waals surface area contributed by atoms with Gasteiger partial charge in [-0.2, -0.15) is 0 Å². The van der Waals surface area contributed by atoms with Crippen molar-refractivity contribution < 1.29 is 9.72 Å². The number of benzene rings is 2. The van der Waals surface area contributed by atoms with Gasteiger partial charge in [-0.1, -0.05) is 18.2 Å². The van der Waals surface area contributed by atoms with E-state index in [0.717, 1.165) is 29.2 Å². The second kappa shape index (κ2) is 3.80. The van der Waals surface area contributed by atoms with Crippen LogP contribution in [0, 0.1) is 10.1 Å². The number of nitro benzene ring substituents is 1. The molecule has 0 fully saturated rings. The van der Waals surface area contributed by atoms with Crippen LogP contribution in [-0.4, -0.2) is 11.3 Å². The zero-order valence-electron chi connectivity index (χ0n) is 9.47. The van der Waals surface area contributed by atoms with Gasteiger partial charge in [-0.05, 0) is 29.4 Å². The maximum atomic E-state index is 11.1. The Balaban J connectivity index is 2.43. The maximum absolute atomic E-state index is 11.1. The first-order valence-electron chi connectivity index (χ1n) is 5.64. The molecule has 1 aliphatic carbocycles. The zero-order chi connectivity index (χ0) is 12.7. The highest BCUT2D eigenvalue weighted by atomic mass is 16.6. The summed E-state index contributed by atoms with van der Waals surface area (Å²) in [5.41, 5.74) is 2.43. The van der Waals surface area contributed by atoms with Gasteiger partial charge in [0.1, 0.15) is 5.69 Å². The number of hydrogen-bond donors (Lipinski definition) is 1. The molecule has 0 heterocycles. The summed E-state index contributed by atoms with van der Waals surface area (Å²) in [7, 11) is 0. The molecule has 0 bridgehead atoms. The van der Waals surface area contributed by atoms with Crippen LogP contribution in [0.3, 0.4) is 0 Å². The molecule has 5 heteroatoms. The second-order valence-corrected chi connectivity index (χ2v) is 4.29. The van der Waals surface area contributed by atoms with Crippen molar-refractivity contribution in [1.29, 1.82) is 0 Å². The largest absolute Gasteiger partial charge is 0.322 e. The molecule has 0 atom stereocenters. The Bertz CT molecular complexity index is 679. The molecule has 2 aromatic rings. The van der Waals surface area contributed by atoms with Crippen molar-refractivity contribution in [3.05, 3.63) is 45.5 Å². The normalized spacial score (nSPS) is 12.7. The predicted molar refractivity (Wildman–Crippen MR) is 67.7 cm³/mol. The molecule has 0 saturated carbocycles. The molecule has 0 aliphatic heterocycles. The summed E-state index contributed by atoms with van der Waals surface area (Å²) in [4.78, 5) is 21.3. The fourth-order valence-electron chi connectivity index (χ4n) is 2.66. The van der Waals surface area contributed by atoms with Gasteiger partial charge in [-0.15, -0.1) is 0 Å². The molecule has 18 heavy (non-hydrogen) atoms. The van der Waals surface area contributed by atoms with Crippen LogP contribution in [0.25, 0.3) is 10.8 Å². The second-order valence-electron chi connectivity index (χ2n) is 4.29. The fraction of sp³-hybridized carbons (Fsp3) is 0.154. The van der Waals surface area contributed by atoms with Crippen LogP contribution < -0.4 is 5.32 Å². The zero-order valence-corrected chi connectivity index (χ0v) is 9.47. The summed E-state index contributed by atoms with van der Waals surface area (Å²) >= 11 is 0. The van der Waals surface area contributed by atoms with Crippen LogP contribution in [0.2, 0.25) is 0 Å². The lowest BCUT2D eigenvalue weighted by atomic mass is 10.0. The molecular formula is C13H10N2O3. The van der Waals surface area contributed by atoms with E-state index in [9.17, 15) is 14.9 Å². The molecule has 1 aliphatic rings. The highest BCUT2D eigenvalue weighted by Crippen LogP contribution is 2.40. The number of rotatable bonds is 3. The average molecular weight is 242 g/mol. The lowest BCUT2D eigenvalue weighted by molar-refractivity contribution is -0.383. The van der Waals surface area contributed by atoms with Gasteiger partial charge < -0.3 is 5.32 Å². The molecule has 0 aromatic heterocycles. The van der Waals surface area contributed by atoms with Gasteiger partial charge >= 0.3 is 0 Å². The Hall–Kier alpha value is -2.43. The predicted octanol–water partition coefficient (Wildman–Crippen LogP) is 2.41. The Kier molecular flexibility index (Phi) is 2.26. The van der Waals surface area contributed by atoms with E-state index < -0.39 is 4.92 Å². The van der Waals surface area contributed by atoms with E-state index >= 15 is 0 Å². The number of nitrogens with one attached hydrogen (secondary N) is 1. The van der Waals surface area contributed by atoms with E-state index in [-0.39, 0.29) is 11.4 Å². The van der Waals surface area contributed by atoms with Crippen LogP contribution in [0.15, 0.2) is 24.3 Å². The fourth-order valence-corrected chi connectivity index (χ4v) is 2.66. The van der Waals surface area contributed by atoms with Crippen LogP contribution in [0.4, 0.5) is 11.4 Å². The number of amides is 1. The third-order valence-corrected chi connectivity index (χ3v) is 3.37. The van der Waals surface area contributed by atoms with Crippen LogP contribution >= 0.6 is 0 Å². The minimum absolute atomic E-state index is 0.0383. The Morgan fingerprint density at radius 1 is 1.28 bits per heavy atom. The van der Waals surface area contributed by atoms with E-state index in [0.29, 0.717) is 6.41 Å². The molecule has 1 amide bonds. The highest BCUT2D eigenvalue weighted by molar-refractivity contribution is 6.05. The van der Waals surface area contributed by atoms with Gasteiger partial charge in [0, 0.05) is 11.5 Å². The molecule has 0 saturated heterocycles. The van der Waals surface area contributed by atoms with Crippen molar-refractivity contribution in [3.8, 4) is 0 Å². The van der Waals surface area contributed by atoms with Crippen molar-refractivity contribution in [2.75, 3.05) is 5.32 Å². The van der Waals surface area contributed by atoms with Gasteiger partial charge in [-0.25, -0.2) is 0 Å². The monoisotopic (exact) mass is 242 g/mol. The summed E-state index contributed by atoms with van der Waals surface area (Å²) in [5, 5.41) is 15.3. The third kappa shape index (κ3) is 1.37. The first-order chi connectivity index (χ1) is 8.72. The minimum atomic E-state index is -0.452. The first kappa shape index (κ1) is 10.7. The number of anilines is 1. The topological polar surface area (TPSA) is 72.2 Å². The van der Waals surface area contributed by atoms with Crippen molar-refractivity contribution in [2.45, 2.75) is 12.8 Å².